The van der Waals surface area contributed by atoms with Gasteiger partial charge in [0.2, 0.25) is 0 Å². The zero-order valence-corrected chi connectivity index (χ0v) is 12.9. The van der Waals surface area contributed by atoms with Crippen molar-refractivity contribution in [1.82, 2.24) is 0 Å². The Kier molecular flexibility index (Phi) is 7.86. The third kappa shape index (κ3) is 7.09. The standard InChI is InChI=1S/C15H16.C4H4O4/c1-2-15(13-9-5-3-6-10-13)14-11-7-4-8-12-14;5-3(6)1-2-4(7)8/h3-12,15H,2H2,1H3;1-2H,(H,5,6)(H,7,8). The second kappa shape index (κ2) is 9.95. The first-order valence-corrected chi connectivity index (χ1v) is 7.28. The van der Waals surface area contributed by atoms with Crippen LogP contribution in [0.2, 0.25) is 0 Å². The molecule has 0 saturated heterocycles. The summed E-state index contributed by atoms with van der Waals surface area (Å²) in [6, 6.07) is 21.4. The molecule has 0 heterocycles. The molecule has 0 aliphatic heterocycles. The van der Waals surface area contributed by atoms with Gasteiger partial charge >= 0.3 is 11.9 Å². The fourth-order valence-corrected chi connectivity index (χ4v) is 2.18. The Balaban J connectivity index is 0.000000284. The average Bonchev–Trinajstić information content (AvgIpc) is 2.56. The van der Waals surface area contributed by atoms with Crippen LogP contribution in [0.1, 0.15) is 30.4 Å². The van der Waals surface area contributed by atoms with Crippen molar-refractivity contribution in [3.63, 3.8) is 0 Å². The van der Waals surface area contributed by atoms with Crippen molar-refractivity contribution in [2.75, 3.05) is 0 Å². The van der Waals surface area contributed by atoms with E-state index < -0.39 is 11.9 Å². The summed E-state index contributed by atoms with van der Waals surface area (Å²) in [5.74, 6) is -1.98. The van der Waals surface area contributed by atoms with Crippen LogP contribution in [0, 0.1) is 0 Å². The molecule has 2 rings (SSSR count). The van der Waals surface area contributed by atoms with Gasteiger partial charge < -0.3 is 10.2 Å². The summed E-state index contributed by atoms with van der Waals surface area (Å²) in [5, 5.41) is 15.6. The van der Waals surface area contributed by atoms with Gasteiger partial charge in [-0.1, -0.05) is 67.6 Å². The molecular weight excluding hydrogens is 292 g/mol. The molecule has 0 atom stereocenters. The summed E-state index contributed by atoms with van der Waals surface area (Å²) in [4.78, 5) is 19.1. The van der Waals surface area contributed by atoms with E-state index in [0.717, 1.165) is 6.42 Å². The zero-order chi connectivity index (χ0) is 17.1. The lowest BCUT2D eigenvalue weighted by Gasteiger charge is -2.15. The maximum Gasteiger partial charge on any atom is 0.328 e. The molecule has 0 bridgehead atoms. The quantitative estimate of drug-likeness (QED) is 0.820. The lowest BCUT2D eigenvalue weighted by molar-refractivity contribution is -0.134. The van der Waals surface area contributed by atoms with E-state index in [1.807, 2.05) is 0 Å². The monoisotopic (exact) mass is 312 g/mol. The first-order chi connectivity index (χ1) is 11.0. The molecule has 0 aromatic heterocycles. The SMILES string of the molecule is CCC(c1ccccc1)c1ccccc1.O=C(O)C=CC(=O)O. The molecule has 0 fully saturated rings. The molecular formula is C19H20O4. The van der Waals surface area contributed by atoms with Crippen LogP contribution < -0.4 is 0 Å². The van der Waals surface area contributed by atoms with Gasteiger partial charge in [0.05, 0.1) is 0 Å². The predicted octanol–water partition coefficient (Wildman–Crippen LogP) is 3.94. The van der Waals surface area contributed by atoms with Gasteiger partial charge in [-0.3, -0.25) is 0 Å². The molecule has 0 aliphatic rings. The number of benzene rings is 2. The van der Waals surface area contributed by atoms with Gasteiger partial charge in [0.1, 0.15) is 0 Å². The van der Waals surface area contributed by atoms with Crippen LogP contribution in [0.5, 0.6) is 0 Å². The van der Waals surface area contributed by atoms with E-state index in [1.165, 1.54) is 11.1 Å². The Labute approximate surface area is 135 Å². The molecule has 0 saturated carbocycles. The van der Waals surface area contributed by atoms with Crippen LogP contribution in [-0.2, 0) is 9.59 Å². The van der Waals surface area contributed by atoms with E-state index in [9.17, 15) is 9.59 Å². The smallest absolute Gasteiger partial charge is 0.328 e. The molecule has 0 amide bonds. The lowest BCUT2D eigenvalue weighted by atomic mass is 9.89. The molecule has 2 N–H and O–H groups in total. The maximum absolute atomic E-state index is 9.55. The minimum Gasteiger partial charge on any atom is -0.478 e. The number of carboxylic acid groups (broad SMARTS) is 2. The van der Waals surface area contributed by atoms with Gasteiger partial charge in [0.15, 0.2) is 0 Å². The molecule has 0 radical (unpaired) electrons. The third-order valence-electron chi connectivity index (χ3n) is 3.18. The summed E-state index contributed by atoms with van der Waals surface area (Å²) in [7, 11) is 0. The van der Waals surface area contributed by atoms with Gasteiger partial charge in [0.25, 0.3) is 0 Å². The summed E-state index contributed by atoms with van der Waals surface area (Å²) >= 11 is 0. The summed E-state index contributed by atoms with van der Waals surface area (Å²) in [6.45, 7) is 2.24. The molecule has 2 aromatic carbocycles. The second-order valence-electron chi connectivity index (χ2n) is 4.79. The highest BCUT2D eigenvalue weighted by atomic mass is 16.4. The number of carboxylic acids is 2. The van der Waals surface area contributed by atoms with Crippen molar-refractivity contribution in [2.24, 2.45) is 0 Å². The molecule has 120 valence electrons. The average molecular weight is 312 g/mol. The van der Waals surface area contributed by atoms with Crippen molar-refractivity contribution in [3.8, 4) is 0 Å². The van der Waals surface area contributed by atoms with Gasteiger partial charge in [-0.05, 0) is 17.5 Å². The van der Waals surface area contributed by atoms with E-state index in [-0.39, 0.29) is 0 Å². The number of rotatable bonds is 5. The Morgan fingerprint density at radius 2 is 1.17 bits per heavy atom. The topological polar surface area (TPSA) is 74.6 Å². The van der Waals surface area contributed by atoms with Crippen molar-refractivity contribution in [1.29, 1.82) is 0 Å². The minimum atomic E-state index is -1.26. The van der Waals surface area contributed by atoms with E-state index >= 15 is 0 Å². The van der Waals surface area contributed by atoms with E-state index in [0.29, 0.717) is 18.1 Å². The summed E-state index contributed by atoms with van der Waals surface area (Å²) in [5.41, 5.74) is 2.82. The molecule has 2 aromatic rings. The van der Waals surface area contributed by atoms with Crippen LogP contribution in [0.25, 0.3) is 0 Å². The molecule has 23 heavy (non-hydrogen) atoms. The summed E-state index contributed by atoms with van der Waals surface area (Å²) < 4.78 is 0. The fraction of sp³-hybridized carbons (Fsp3) is 0.158. The van der Waals surface area contributed by atoms with Crippen LogP contribution >= 0.6 is 0 Å². The highest BCUT2D eigenvalue weighted by Crippen LogP contribution is 2.26. The minimum absolute atomic E-state index is 0.535. The Morgan fingerprint density at radius 1 is 0.826 bits per heavy atom. The van der Waals surface area contributed by atoms with Crippen LogP contribution in [0.4, 0.5) is 0 Å². The number of hydrogen-bond donors (Lipinski definition) is 2. The van der Waals surface area contributed by atoms with Crippen LogP contribution in [0.3, 0.4) is 0 Å². The van der Waals surface area contributed by atoms with Crippen molar-refractivity contribution in [2.45, 2.75) is 19.3 Å². The molecule has 4 heteroatoms. The number of carbonyl (C=O) groups is 2. The predicted molar refractivity (Wildman–Crippen MR) is 89.4 cm³/mol. The van der Waals surface area contributed by atoms with Crippen molar-refractivity contribution < 1.29 is 19.8 Å². The fourth-order valence-electron chi connectivity index (χ4n) is 2.18. The first kappa shape index (κ1) is 18.2. The van der Waals surface area contributed by atoms with E-state index in [4.69, 9.17) is 10.2 Å². The third-order valence-corrected chi connectivity index (χ3v) is 3.18. The molecule has 0 aliphatic carbocycles. The Bertz CT molecular complexity index is 577. The second-order valence-corrected chi connectivity index (χ2v) is 4.79. The highest BCUT2D eigenvalue weighted by molar-refractivity contribution is 5.89. The van der Waals surface area contributed by atoms with Gasteiger partial charge in [-0.15, -0.1) is 0 Å². The zero-order valence-electron chi connectivity index (χ0n) is 12.9. The Hall–Kier alpha value is -2.88. The van der Waals surface area contributed by atoms with Gasteiger partial charge in [-0.25, -0.2) is 9.59 Å². The largest absolute Gasteiger partial charge is 0.478 e. The molecule has 0 unspecified atom stereocenters. The van der Waals surface area contributed by atoms with E-state index in [2.05, 4.69) is 67.6 Å². The molecule has 4 nitrogen and oxygen atoms in total. The van der Waals surface area contributed by atoms with Gasteiger partial charge in [0, 0.05) is 18.1 Å². The van der Waals surface area contributed by atoms with Crippen molar-refractivity contribution in [3.05, 3.63) is 83.9 Å². The first-order valence-electron chi connectivity index (χ1n) is 7.28. The lowest BCUT2D eigenvalue weighted by Crippen LogP contribution is -1.98. The number of aliphatic carboxylic acids is 2. The Morgan fingerprint density at radius 3 is 1.43 bits per heavy atom. The van der Waals surface area contributed by atoms with Crippen LogP contribution in [0.15, 0.2) is 72.8 Å². The maximum atomic E-state index is 9.55. The summed E-state index contributed by atoms with van der Waals surface area (Å²) in [6.07, 6.45) is 2.26. The van der Waals surface area contributed by atoms with Crippen molar-refractivity contribution >= 4 is 11.9 Å². The van der Waals surface area contributed by atoms with Crippen LogP contribution in [-0.4, -0.2) is 22.2 Å². The molecule has 0 spiro atoms. The van der Waals surface area contributed by atoms with E-state index in [1.54, 1.807) is 0 Å². The normalized spacial score (nSPS) is 10.2. The highest BCUT2D eigenvalue weighted by Gasteiger charge is 2.10. The van der Waals surface area contributed by atoms with Gasteiger partial charge in [-0.2, -0.15) is 0 Å². The number of hydrogen-bond acceptors (Lipinski definition) is 2.